The molecular formula is C22H30N2O2S. The monoisotopic (exact) mass is 386 g/mol. The highest BCUT2D eigenvalue weighted by Gasteiger charge is 2.09. The van der Waals surface area contributed by atoms with E-state index in [4.69, 9.17) is 21.7 Å². The first kappa shape index (κ1) is 21.0. The molecule has 0 aliphatic rings. The van der Waals surface area contributed by atoms with Gasteiger partial charge in [0.1, 0.15) is 0 Å². The average Bonchev–Trinajstić information content (AvgIpc) is 2.68. The summed E-state index contributed by atoms with van der Waals surface area (Å²) < 4.78 is 11.0. The number of unbranched alkanes of at least 4 members (excludes halogenated alkanes) is 1. The van der Waals surface area contributed by atoms with Crippen molar-refractivity contribution in [3.8, 4) is 11.5 Å². The number of aryl methyl sites for hydroxylation is 1. The van der Waals surface area contributed by atoms with Crippen molar-refractivity contribution in [3.63, 3.8) is 0 Å². The SMILES string of the molecule is CCCCc1ccc(NC(=S)N(C)Cc2ccc(OCC)c(OC)c2)cc1. The number of hydrogen-bond donors (Lipinski definition) is 1. The quantitative estimate of drug-likeness (QED) is 0.594. The molecule has 0 bridgehead atoms. The second-order valence-corrected chi connectivity index (χ2v) is 6.89. The summed E-state index contributed by atoms with van der Waals surface area (Å²) in [5.41, 5.74) is 3.48. The molecule has 1 N–H and O–H groups in total. The molecule has 0 saturated carbocycles. The highest BCUT2D eigenvalue weighted by Crippen LogP contribution is 2.28. The minimum atomic E-state index is 0.612. The van der Waals surface area contributed by atoms with Gasteiger partial charge in [-0.2, -0.15) is 0 Å². The molecule has 27 heavy (non-hydrogen) atoms. The van der Waals surface area contributed by atoms with Crippen molar-refractivity contribution in [2.45, 2.75) is 39.7 Å². The number of rotatable bonds is 9. The first-order valence-corrected chi connectivity index (χ1v) is 9.89. The summed E-state index contributed by atoms with van der Waals surface area (Å²) in [7, 11) is 3.63. The van der Waals surface area contributed by atoms with Gasteiger partial charge in [-0.05, 0) is 67.4 Å². The first-order chi connectivity index (χ1) is 13.1. The van der Waals surface area contributed by atoms with E-state index < -0.39 is 0 Å². The maximum absolute atomic E-state index is 5.57. The molecule has 0 spiro atoms. The lowest BCUT2D eigenvalue weighted by Gasteiger charge is -2.22. The second kappa shape index (κ2) is 10.8. The molecule has 0 atom stereocenters. The van der Waals surface area contributed by atoms with Gasteiger partial charge in [-0.25, -0.2) is 0 Å². The van der Waals surface area contributed by atoms with E-state index in [1.54, 1.807) is 7.11 Å². The Bertz CT molecular complexity index is 732. The van der Waals surface area contributed by atoms with Crippen LogP contribution in [0.1, 0.15) is 37.8 Å². The Morgan fingerprint density at radius 3 is 2.37 bits per heavy atom. The molecule has 0 amide bonds. The van der Waals surface area contributed by atoms with Crippen molar-refractivity contribution in [3.05, 3.63) is 53.6 Å². The van der Waals surface area contributed by atoms with Gasteiger partial charge in [0.25, 0.3) is 0 Å². The highest BCUT2D eigenvalue weighted by atomic mass is 32.1. The molecule has 0 aromatic heterocycles. The lowest BCUT2D eigenvalue weighted by molar-refractivity contribution is 0.310. The fourth-order valence-corrected chi connectivity index (χ4v) is 2.97. The predicted molar refractivity (Wildman–Crippen MR) is 117 cm³/mol. The number of thiocarbonyl (C=S) groups is 1. The van der Waals surface area contributed by atoms with Gasteiger partial charge in [0.2, 0.25) is 0 Å². The second-order valence-electron chi connectivity index (χ2n) is 6.50. The molecule has 2 aromatic rings. The third-order valence-corrected chi connectivity index (χ3v) is 4.73. The van der Waals surface area contributed by atoms with E-state index in [0.717, 1.165) is 29.2 Å². The minimum absolute atomic E-state index is 0.612. The van der Waals surface area contributed by atoms with Gasteiger partial charge in [-0.1, -0.05) is 31.5 Å². The lowest BCUT2D eigenvalue weighted by atomic mass is 10.1. The number of ether oxygens (including phenoxy) is 2. The van der Waals surface area contributed by atoms with E-state index >= 15 is 0 Å². The van der Waals surface area contributed by atoms with E-state index in [2.05, 4.69) is 36.5 Å². The largest absolute Gasteiger partial charge is 0.493 e. The van der Waals surface area contributed by atoms with Crippen molar-refractivity contribution < 1.29 is 9.47 Å². The first-order valence-electron chi connectivity index (χ1n) is 9.48. The molecule has 0 aliphatic carbocycles. The van der Waals surface area contributed by atoms with Crippen LogP contribution in [0.3, 0.4) is 0 Å². The van der Waals surface area contributed by atoms with E-state index in [9.17, 15) is 0 Å². The van der Waals surface area contributed by atoms with Crippen LogP contribution in [0.4, 0.5) is 5.69 Å². The van der Waals surface area contributed by atoms with Gasteiger partial charge in [0.15, 0.2) is 16.6 Å². The van der Waals surface area contributed by atoms with Crippen molar-refractivity contribution >= 4 is 23.0 Å². The molecule has 5 heteroatoms. The summed E-state index contributed by atoms with van der Waals surface area (Å²) in [4.78, 5) is 2.01. The molecule has 146 valence electrons. The van der Waals surface area contributed by atoms with Crippen LogP contribution in [0.15, 0.2) is 42.5 Å². The van der Waals surface area contributed by atoms with E-state index in [1.165, 1.54) is 18.4 Å². The van der Waals surface area contributed by atoms with Crippen LogP contribution in [0.5, 0.6) is 11.5 Å². The molecule has 0 radical (unpaired) electrons. The van der Waals surface area contributed by atoms with Crippen LogP contribution < -0.4 is 14.8 Å². The number of anilines is 1. The third-order valence-electron chi connectivity index (χ3n) is 4.32. The van der Waals surface area contributed by atoms with Gasteiger partial charge in [-0.15, -0.1) is 0 Å². The predicted octanol–water partition coefficient (Wildman–Crippen LogP) is 5.27. The zero-order valence-electron chi connectivity index (χ0n) is 16.7. The molecule has 2 aromatic carbocycles. The van der Waals surface area contributed by atoms with Crippen molar-refractivity contribution in [1.29, 1.82) is 0 Å². The van der Waals surface area contributed by atoms with Gasteiger partial charge >= 0.3 is 0 Å². The molecule has 4 nitrogen and oxygen atoms in total. The molecule has 0 saturated heterocycles. The fraction of sp³-hybridized carbons (Fsp3) is 0.409. The molecular weight excluding hydrogens is 356 g/mol. The van der Waals surface area contributed by atoms with E-state index in [1.807, 2.05) is 37.1 Å². The number of nitrogens with zero attached hydrogens (tertiary/aromatic N) is 1. The van der Waals surface area contributed by atoms with Crippen molar-refractivity contribution in [2.75, 3.05) is 26.1 Å². The van der Waals surface area contributed by atoms with Crippen LogP contribution in [0.2, 0.25) is 0 Å². The Labute approximate surface area is 168 Å². The average molecular weight is 387 g/mol. The maximum Gasteiger partial charge on any atom is 0.173 e. The number of benzene rings is 2. The number of methoxy groups -OCH3 is 1. The topological polar surface area (TPSA) is 33.7 Å². The maximum atomic E-state index is 5.57. The Kier molecular flexibility index (Phi) is 8.40. The summed E-state index contributed by atoms with van der Waals surface area (Å²) in [5, 5.41) is 3.99. The Hall–Kier alpha value is -2.27. The summed E-state index contributed by atoms with van der Waals surface area (Å²) >= 11 is 5.55. The zero-order chi connectivity index (χ0) is 19.6. The van der Waals surface area contributed by atoms with Gasteiger partial charge < -0.3 is 19.7 Å². The molecule has 0 fully saturated rings. The smallest absolute Gasteiger partial charge is 0.173 e. The van der Waals surface area contributed by atoms with Crippen LogP contribution in [-0.4, -0.2) is 30.8 Å². The molecule has 0 unspecified atom stereocenters. The van der Waals surface area contributed by atoms with Crippen LogP contribution >= 0.6 is 12.2 Å². The number of hydrogen-bond acceptors (Lipinski definition) is 3. The van der Waals surface area contributed by atoms with Crippen molar-refractivity contribution in [2.24, 2.45) is 0 Å². The Morgan fingerprint density at radius 2 is 1.74 bits per heavy atom. The van der Waals surface area contributed by atoms with E-state index in [-0.39, 0.29) is 0 Å². The van der Waals surface area contributed by atoms with Crippen LogP contribution in [-0.2, 0) is 13.0 Å². The normalized spacial score (nSPS) is 10.4. The van der Waals surface area contributed by atoms with Crippen LogP contribution in [0, 0.1) is 0 Å². The standard InChI is InChI=1S/C22H30N2O2S/c1-5-7-8-17-9-12-19(13-10-17)23-22(27)24(3)16-18-11-14-20(26-6-2)21(15-18)25-4/h9-15H,5-8,16H2,1-4H3,(H,23,27). The number of nitrogens with one attached hydrogen (secondary N) is 1. The van der Waals surface area contributed by atoms with E-state index in [0.29, 0.717) is 18.3 Å². The minimum Gasteiger partial charge on any atom is -0.493 e. The fourth-order valence-electron chi connectivity index (χ4n) is 2.79. The summed E-state index contributed by atoms with van der Waals surface area (Å²) in [6.45, 7) is 5.47. The van der Waals surface area contributed by atoms with Gasteiger partial charge in [0, 0.05) is 19.3 Å². The molecule has 0 aliphatic heterocycles. The summed E-state index contributed by atoms with van der Waals surface area (Å²) in [5.74, 6) is 1.50. The van der Waals surface area contributed by atoms with Gasteiger partial charge in [0.05, 0.1) is 13.7 Å². The third kappa shape index (κ3) is 6.43. The zero-order valence-corrected chi connectivity index (χ0v) is 17.6. The van der Waals surface area contributed by atoms with Crippen molar-refractivity contribution in [1.82, 2.24) is 4.90 Å². The summed E-state index contributed by atoms with van der Waals surface area (Å²) in [6, 6.07) is 14.5. The Balaban J connectivity index is 1.95. The highest BCUT2D eigenvalue weighted by molar-refractivity contribution is 7.80. The Morgan fingerprint density at radius 1 is 1.04 bits per heavy atom. The molecule has 0 heterocycles. The summed E-state index contributed by atoms with van der Waals surface area (Å²) in [6.07, 6.45) is 3.56. The van der Waals surface area contributed by atoms with Gasteiger partial charge in [-0.3, -0.25) is 0 Å². The van der Waals surface area contributed by atoms with Crippen LogP contribution in [0.25, 0.3) is 0 Å². The molecule has 2 rings (SSSR count). The lowest BCUT2D eigenvalue weighted by Crippen LogP contribution is -2.30.